The average molecular weight is 448 g/mol. The molecule has 148 valence electrons. The van der Waals surface area contributed by atoms with Crippen molar-refractivity contribution in [2.45, 2.75) is 19.4 Å². The molecule has 0 aliphatic carbocycles. The van der Waals surface area contributed by atoms with Gasteiger partial charge in [-0.25, -0.2) is 0 Å². The third kappa shape index (κ3) is 4.84. The summed E-state index contributed by atoms with van der Waals surface area (Å²) in [6.07, 6.45) is 0.856. The molecule has 0 aromatic heterocycles. The zero-order chi connectivity index (χ0) is 20.1. The topological polar surface area (TPSA) is 65.1 Å². The normalized spacial score (nSPS) is 12.9. The van der Waals surface area contributed by atoms with Gasteiger partial charge in [0, 0.05) is 17.6 Å². The highest BCUT2D eigenvalue weighted by molar-refractivity contribution is 9.10. The van der Waals surface area contributed by atoms with Gasteiger partial charge in [0.05, 0.1) is 20.6 Å². The number of hydrogen-bond donors (Lipinski definition) is 0. The predicted molar refractivity (Wildman–Crippen MR) is 107 cm³/mol. The summed E-state index contributed by atoms with van der Waals surface area (Å²) in [6, 6.07) is 11.3. The third-order valence-electron chi connectivity index (χ3n) is 4.69. The molecule has 3 rings (SSSR count). The summed E-state index contributed by atoms with van der Waals surface area (Å²) in [4.78, 5) is 26.2. The second-order valence-electron chi connectivity index (χ2n) is 6.51. The molecule has 0 atom stereocenters. The third-order valence-corrected chi connectivity index (χ3v) is 5.22. The van der Waals surface area contributed by atoms with Gasteiger partial charge in [-0.2, -0.15) is 0 Å². The molecule has 0 unspecified atom stereocenters. The SMILES string of the molecule is COc1cc2c(cc1OC)CN(C(=O)COC(=O)Cc1ccc(Br)cc1)CC2. The van der Waals surface area contributed by atoms with Crippen molar-refractivity contribution in [1.82, 2.24) is 4.90 Å². The van der Waals surface area contributed by atoms with E-state index >= 15 is 0 Å². The van der Waals surface area contributed by atoms with Gasteiger partial charge in [-0.15, -0.1) is 0 Å². The number of rotatable bonds is 6. The lowest BCUT2D eigenvalue weighted by atomic mass is 9.99. The molecule has 0 radical (unpaired) electrons. The van der Waals surface area contributed by atoms with Crippen LogP contribution in [0.15, 0.2) is 40.9 Å². The Balaban J connectivity index is 1.55. The number of carbonyl (C=O) groups is 2. The van der Waals surface area contributed by atoms with Gasteiger partial charge < -0.3 is 19.1 Å². The molecular weight excluding hydrogens is 426 g/mol. The van der Waals surface area contributed by atoms with E-state index in [0.29, 0.717) is 31.0 Å². The quantitative estimate of drug-likeness (QED) is 0.636. The summed E-state index contributed by atoms with van der Waals surface area (Å²) in [7, 11) is 3.19. The number of hydrogen-bond acceptors (Lipinski definition) is 5. The van der Waals surface area contributed by atoms with Crippen molar-refractivity contribution in [3.05, 3.63) is 57.6 Å². The predicted octanol–water partition coefficient (Wildman–Crippen LogP) is 3.14. The first-order valence-corrected chi connectivity index (χ1v) is 9.71. The van der Waals surface area contributed by atoms with E-state index in [1.807, 2.05) is 36.4 Å². The molecule has 1 heterocycles. The van der Waals surface area contributed by atoms with Crippen molar-refractivity contribution in [3.63, 3.8) is 0 Å². The number of ether oxygens (including phenoxy) is 3. The molecule has 0 N–H and O–H groups in total. The van der Waals surface area contributed by atoms with Gasteiger partial charge in [-0.3, -0.25) is 9.59 Å². The van der Waals surface area contributed by atoms with Crippen LogP contribution in [-0.4, -0.2) is 44.1 Å². The molecule has 0 saturated heterocycles. The van der Waals surface area contributed by atoms with Gasteiger partial charge in [0.15, 0.2) is 18.1 Å². The van der Waals surface area contributed by atoms with Gasteiger partial charge in [-0.05, 0) is 47.4 Å². The number of halogens is 1. The summed E-state index contributed by atoms with van der Waals surface area (Å²) in [5.41, 5.74) is 2.99. The van der Waals surface area contributed by atoms with Crippen LogP contribution < -0.4 is 9.47 Å². The van der Waals surface area contributed by atoms with E-state index < -0.39 is 5.97 Å². The number of esters is 1. The molecule has 7 heteroatoms. The molecule has 0 bridgehead atoms. The highest BCUT2D eigenvalue weighted by Gasteiger charge is 2.23. The number of methoxy groups -OCH3 is 2. The summed E-state index contributed by atoms with van der Waals surface area (Å²) in [5.74, 6) is 0.698. The summed E-state index contributed by atoms with van der Waals surface area (Å²) in [6.45, 7) is 0.780. The van der Waals surface area contributed by atoms with Crippen molar-refractivity contribution < 1.29 is 23.8 Å². The molecule has 0 spiro atoms. The fraction of sp³-hybridized carbons (Fsp3) is 0.333. The number of fused-ring (bicyclic) bond motifs is 1. The van der Waals surface area contributed by atoms with Crippen molar-refractivity contribution in [2.24, 2.45) is 0 Å². The Bertz CT molecular complexity index is 866. The molecule has 28 heavy (non-hydrogen) atoms. The molecule has 2 aromatic carbocycles. The Hall–Kier alpha value is -2.54. The molecule has 1 amide bonds. The largest absolute Gasteiger partial charge is 0.493 e. The van der Waals surface area contributed by atoms with E-state index in [9.17, 15) is 9.59 Å². The van der Waals surface area contributed by atoms with E-state index in [1.165, 1.54) is 0 Å². The molecule has 1 aliphatic rings. The van der Waals surface area contributed by atoms with Gasteiger partial charge in [0.1, 0.15) is 0 Å². The summed E-state index contributed by atoms with van der Waals surface area (Å²) in [5, 5.41) is 0. The van der Waals surface area contributed by atoms with Crippen molar-refractivity contribution in [2.75, 3.05) is 27.4 Å². The van der Waals surface area contributed by atoms with Crippen LogP contribution in [0.4, 0.5) is 0 Å². The maximum atomic E-state index is 12.5. The average Bonchev–Trinajstić information content (AvgIpc) is 2.72. The smallest absolute Gasteiger partial charge is 0.310 e. The lowest BCUT2D eigenvalue weighted by Crippen LogP contribution is -2.38. The Morgan fingerprint density at radius 3 is 2.32 bits per heavy atom. The zero-order valence-electron chi connectivity index (χ0n) is 15.9. The van der Waals surface area contributed by atoms with Crippen LogP contribution >= 0.6 is 15.9 Å². The Morgan fingerprint density at radius 2 is 1.68 bits per heavy atom. The first kappa shape index (κ1) is 20.2. The van der Waals surface area contributed by atoms with Gasteiger partial charge >= 0.3 is 5.97 Å². The summed E-state index contributed by atoms with van der Waals surface area (Å²) < 4.78 is 16.8. The van der Waals surface area contributed by atoms with E-state index in [1.54, 1.807) is 19.1 Å². The molecule has 2 aromatic rings. The van der Waals surface area contributed by atoms with Gasteiger partial charge in [-0.1, -0.05) is 28.1 Å². The molecule has 6 nitrogen and oxygen atoms in total. The molecular formula is C21H22BrNO5. The van der Waals surface area contributed by atoms with E-state index in [0.717, 1.165) is 21.2 Å². The number of carbonyl (C=O) groups excluding carboxylic acids is 2. The van der Waals surface area contributed by atoms with Gasteiger partial charge in [0.2, 0.25) is 0 Å². The fourth-order valence-corrected chi connectivity index (χ4v) is 3.41. The zero-order valence-corrected chi connectivity index (χ0v) is 17.5. The number of amides is 1. The highest BCUT2D eigenvalue weighted by Crippen LogP contribution is 2.33. The lowest BCUT2D eigenvalue weighted by molar-refractivity contribution is -0.151. The van der Waals surface area contributed by atoms with E-state index in [4.69, 9.17) is 14.2 Å². The van der Waals surface area contributed by atoms with Crippen molar-refractivity contribution in [3.8, 4) is 11.5 Å². The first-order valence-electron chi connectivity index (χ1n) is 8.91. The monoisotopic (exact) mass is 447 g/mol. The Morgan fingerprint density at radius 1 is 1.04 bits per heavy atom. The minimum atomic E-state index is -0.417. The van der Waals surface area contributed by atoms with Crippen LogP contribution in [0.5, 0.6) is 11.5 Å². The fourth-order valence-electron chi connectivity index (χ4n) is 3.15. The van der Waals surface area contributed by atoms with Crippen molar-refractivity contribution >= 4 is 27.8 Å². The summed E-state index contributed by atoms with van der Waals surface area (Å²) >= 11 is 3.35. The molecule has 0 saturated carbocycles. The standard InChI is InChI=1S/C21H22BrNO5/c1-26-18-10-15-7-8-23(12-16(15)11-19(18)27-2)20(24)13-28-21(25)9-14-3-5-17(22)6-4-14/h3-6,10-11H,7-9,12-13H2,1-2H3. The minimum Gasteiger partial charge on any atom is -0.493 e. The second kappa shape index (κ2) is 9.10. The van der Waals surface area contributed by atoms with Crippen LogP contribution in [0.1, 0.15) is 16.7 Å². The maximum absolute atomic E-state index is 12.5. The lowest BCUT2D eigenvalue weighted by Gasteiger charge is -2.29. The number of nitrogens with zero attached hydrogens (tertiary/aromatic N) is 1. The maximum Gasteiger partial charge on any atom is 0.310 e. The van der Waals surface area contributed by atoms with E-state index in [2.05, 4.69) is 15.9 Å². The van der Waals surface area contributed by atoms with Crippen LogP contribution in [0, 0.1) is 0 Å². The van der Waals surface area contributed by atoms with Crippen LogP contribution in [-0.2, 0) is 33.7 Å². The van der Waals surface area contributed by atoms with Crippen LogP contribution in [0.2, 0.25) is 0 Å². The number of benzene rings is 2. The van der Waals surface area contributed by atoms with Gasteiger partial charge in [0.25, 0.3) is 5.91 Å². The molecule has 0 fully saturated rings. The van der Waals surface area contributed by atoms with Crippen LogP contribution in [0.25, 0.3) is 0 Å². The highest BCUT2D eigenvalue weighted by atomic mass is 79.9. The minimum absolute atomic E-state index is 0.139. The molecule has 1 aliphatic heterocycles. The van der Waals surface area contributed by atoms with Crippen molar-refractivity contribution in [1.29, 1.82) is 0 Å². The van der Waals surface area contributed by atoms with E-state index in [-0.39, 0.29) is 18.9 Å². The van der Waals surface area contributed by atoms with Crippen LogP contribution in [0.3, 0.4) is 0 Å². The Kier molecular flexibility index (Phi) is 6.57. The first-order chi connectivity index (χ1) is 13.5. The Labute approximate surface area is 172 Å². The second-order valence-corrected chi connectivity index (χ2v) is 7.42.